The van der Waals surface area contributed by atoms with Gasteiger partial charge in [0.25, 0.3) is 0 Å². The lowest BCUT2D eigenvalue weighted by Crippen LogP contribution is -2.37. The van der Waals surface area contributed by atoms with Crippen molar-refractivity contribution < 1.29 is 4.74 Å². The molecule has 0 bridgehead atoms. The molecule has 5 rings (SSSR count). The number of benzene rings is 1. The van der Waals surface area contributed by atoms with Crippen molar-refractivity contribution in [2.45, 2.75) is 0 Å². The Kier molecular flexibility index (Phi) is 4.27. The SMILES string of the molecule is c1ccc(-c2csc3nc(-c4ccccn4)nc(N4CCOCC4)c23)cc1. The maximum atomic E-state index is 5.55. The number of aromatic nitrogens is 3. The number of rotatable bonds is 3. The molecule has 4 heterocycles. The van der Waals surface area contributed by atoms with E-state index in [1.807, 2.05) is 24.3 Å². The Hall–Kier alpha value is -2.83. The minimum Gasteiger partial charge on any atom is -0.378 e. The van der Waals surface area contributed by atoms with Crippen molar-refractivity contribution in [1.29, 1.82) is 0 Å². The van der Waals surface area contributed by atoms with Gasteiger partial charge in [-0.1, -0.05) is 36.4 Å². The Labute approximate surface area is 161 Å². The van der Waals surface area contributed by atoms with Gasteiger partial charge in [-0.25, -0.2) is 9.97 Å². The number of anilines is 1. The molecule has 0 radical (unpaired) electrons. The average molecular weight is 374 g/mol. The Morgan fingerprint density at radius 3 is 2.52 bits per heavy atom. The number of fused-ring (bicyclic) bond motifs is 1. The zero-order valence-electron chi connectivity index (χ0n) is 14.7. The molecule has 0 N–H and O–H groups in total. The summed E-state index contributed by atoms with van der Waals surface area (Å²) in [7, 11) is 0. The largest absolute Gasteiger partial charge is 0.378 e. The second kappa shape index (κ2) is 7.06. The third-order valence-electron chi connectivity index (χ3n) is 4.70. The average Bonchev–Trinajstić information content (AvgIpc) is 3.19. The van der Waals surface area contributed by atoms with E-state index in [2.05, 4.69) is 39.5 Å². The van der Waals surface area contributed by atoms with Gasteiger partial charge < -0.3 is 9.64 Å². The van der Waals surface area contributed by atoms with Crippen LogP contribution in [-0.4, -0.2) is 41.3 Å². The minimum atomic E-state index is 0.672. The summed E-state index contributed by atoms with van der Waals surface area (Å²) in [6.07, 6.45) is 1.78. The van der Waals surface area contributed by atoms with Crippen LogP contribution in [0.2, 0.25) is 0 Å². The van der Waals surface area contributed by atoms with Gasteiger partial charge in [-0.3, -0.25) is 4.98 Å². The fourth-order valence-electron chi connectivity index (χ4n) is 3.37. The van der Waals surface area contributed by atoms with Crippen molar-refractivity contribution in [3.8, 4) is 22.6 Å². The van der Waals surface area contributed by atoms with E-state index in [0.717, 1.165) is 48.0 Å². The molecule has 0 aliphatic carbocycles. The second-order valence-electron chi connectivity index (χ2n) is 6.38. The first-order valence-electron chi connectivity index (χ1n) is 8.99. The van der Waals surface area contributed by atoms with Crippen LogP contribution in [-0.2, 0) is 4.74 Å². The molecule has 27 heavy (non-hydrogen) atoms. The van der Waals surface area contributed by atoms with Crippen molar-refractivity contribution in [2.75, 3.05) is 31.2 Å². The number of hydrogen-bond acceptors (Lipinski definition) is 6. The Bertz CT molecular complexity index is 1060. The summed E-state index contributed by atoms with van der Waals surface area (Å²) < 4.78 is 5.55. The molecule has 1 aliphatic heterocycles. The summed E-state index contributed by atoms with van der Waals surface area (Å²) in [5, 5.41) is 3.30. The van der Waals surface area contributed by atoms with Crippen LogP contribution < -0.4 is 4.90 Å². The smallest absolute Gasteiger partial charge is 0.181 e. The molecule has 3 aromatic heterocycles. The highest BCUT2D eigenvalue weighted by Gasteiger charge is 2.22. The van der Waals surface area contributed by atoms with E-state index in [1.54, 1.807) is 17.5 Å². The second-order valence-corrected chi connectivity index (χ2v) is 7.24. The summed E-state index contributed by atoms with van der Waals surface area (Å²) in [6, 6.07) is 16.3. The number of ether oxygens (including phenoxy) is 1. The van der Waals surface area contributed by atoms with E-state index in [0.29, 0.717) is 5.82 Å². The highest BCUT2D eigenvalue weighted by atomic mass is 32.1. The van der Waals surface area contributed by atoms with Gasteiger partial charge in [0.1, 0.15) is 16.3 Å². The standard InChI is InChI=1S/C21H18N4OS/c1-2-6-15(7-3-1)16-14-27-21-18(16)20(25-10-12-26-13-11-25)23-19(24-21)17-8-4-5-9-22-17/h1-9,14H,10-13H2. The molecule has 6 heteroatoms. The lowest BCUT2D eigenvalue weighted by molar-refractivity contribution is 0.122. The summed E-state index contributed by atoms with van der Waals surface area (Å²) in [5.74, 6) is 1.65. The van der Waals surface area contributed by atoms with Crippen molar-refractivity contribution in [3.05, 3.63) is 60.1 Å². The normalized spacial score (nSPS) is 14.6. The van der Waals surface area contributed by atoms with Crippen LogP contribution in [0, 0.1) is 0 Å². The summed E-state index contributed by atoms with van der Waals surface area (Å²) in [6.45, 7) is 3.10. The van der Waals surface area contributed by atoms with Gasteiger partial charge in [0.05, 0.1) is 18.6 Å². The molecule has 1 fully saturated rings. The number of nitrogens with zero attached hydrogens (tertiary/aromatic N) is 4. The monoisotopic (exact) mass is 374 g/mol. The maximum absolute atomic E-state index is 5.55. The summed E-state index contributed by atoms with van der Waals surface area (Å²) in [4.78, 5) is 17.5. The first kappa shape index (κ1) is 16.4. The molecular weight excluding hydrogens is 356 g/mol. The predicted octanol–water partition coefficient (Wildman–Crippen LogP) is 4.26. The Balaban J connectivity index is 1.74. The van der Waals surface area contributed by atoms with Gasteiger partial charge in [-0.05, 0) is 17.7 Å². The van der Waals surface area contributed by atoms with Gasteiger partial charge in [-0.2, -0.15) is 0 Å². The van der Waals surface area contributed by atoms with Crippen LogP contribution in [0.15, 0.2) is 60.1 Å². The fourth-order valence-corrected chi connectivity index (χ4v) is 4.31. The molecule has 0 saturated carbocycles. The number of thiophene rings is 1. The molecule has 0 amide bonds. The van der Waals surface area contributed by atoms with E-state index in [4.69, 9.17) is 14.7 Å². The molecule has 5 nitrogen and oxygen atoms in total. The third kappa shape index (κ3) is 3.07. The van der Waals surface area contributed by atoms with Crippen molar-refractivity contribution in [1.82, 2.24) is 15.0 Å². The van der Waals surface area contributed by atoms with Crippen LogP contribution >= 0.6 is 11.3 Å². The molecule has 134 valence electrons. The molecular formula is C21H18N4OS. The van der Waals surface area contributed by atoms with Crippen LogP contribution in [0.25, 0.3) is 32.9 Å². The molecule has 4 aromatic rings. The van der Waals surface area contributed by atoms with E-state index in [9.17, 15) is 0 Å². The van der Waals surface area contributed by atoms with Crippen molar-refractivity contribution >= 4 is 27.4 Å². The molecule has 0 atom stereocenters. The molecule has 0 spiro atoms. The van der Waals surface area contributed by atoms with E-state index in [-0.39, 0.29) is 0 Å². The van der Waals surface area contributed by atoms with Crippen LogP contribution in [0.1, 0.15) is 0 Å². The summed E-state index contributed by atoms with van der Waals surface area (Å²) in [5.41, 5.74) is 3.17. The van der Waals surface area contributed by atoms with Crippen LogP contribution in [0.3, 0.4) is 0 Å². The van der Waals surface area contributed by atoms with Gasteiger partial charge in [0, 0.05) is 30.2 Å². The molecule has 0 unspecified atom stereocenters. The zero-order chi connectivity index (χ0) is 18.1. The lowest BCUT2D eigenvalue weighted by atomic mass is 10.1. The van der Waals surface area contributed by atoms with Gasteiger partial charge in [-0.15, -0.1) is 11.3 Å². The van der Waals surface area contributed by atoms with Crippen molar-refractivity contribution in [2.24, 2.45) is 0 Å². The zero-order valence-corrected chi connectivity index (χ0v) is 15.5. The number of hydrogen-bond donors (Lipinski definition) is 0. The Morgan fingerprint density at radius 2 is 1.74 bits per heavy atom. The van der Waals surface area contributed by atoms with Gasteiger partial charge in [0.2, 0.25) is 0 Å². The first-order chi connectivity index (χ1) is 13.4. The topological polar surface area (TPSA) is 51.1 Å². The molecule has 1 aromatic carbocycles. The Morgan fingerprint density at radius 1 is 0.926 bits per heavy atom. The van der Waals surface area contributed by atoms with Crippen molar-refractivity contribution in [3.63, 3.8) is 0 Å². The van der Waals surface area contributed by atoms with E-state index >= 15 is 0 Å². The molecule has 1 saturated heterocycles. The van der Waals surface area contributed by atoms with E-state index in [1.165, 1.54) is 11.1 Å². The third-order valence-corrected chi connectivity index (χ3v) is 5.58. The highest BCUT2D eigenvalue weighted by molar-refractivity contribution is 7.17. The fraction of sp³-hybridized carbons (Fsp3) is 0.190. The number of morpholine rings is 1. The predicted molar refractivity (Wildman–Crippen MR) is 109 cm³/mol. The van der Waals surface area contributed by atoms with Gasteiger partial charge in [0.15, 0.2) is 5.82 Å². The first-order valence-corrected chi connectivity index (χ1v) is 9.87. The van der Waals surface area contributed by atoms with Gasteiger partial charge >= 0.3 is 0 Å². The van der Waals surface area contributed by atoms with Crippen LogP contribution in [0.4, 0.5) is 5.82 Å². The minimum absolute atomic E-state index is 0.672. The molecule has 1 aliphatic rings. The summed E-state index contributed by atoms with van der Waals surface area (Å²) >= 11 is 1.66. The lowest BCUT2D eigenvalue weighted by Gasteiger charge is -2.28. The highest BCUT2D eigenvalue weighted by Crippen LogP contribution is 2.39. The van der Waals surface area contributed by atoms with Crippen LogP contribution in [0.5, 0.6) is 0 Å². The van der Waals surface area contributed by atoms with E-state index < -0.39 is 0 Å². The quantitative estimate of drug-likeness (QED) is 0.536. The maximum Gasteiger partial charge on any atom is 0.181 e. The number of pyridine rings is 1.